The molecule has 3 heterocycles. The summed E-state index contributed by atoms with van der Waals surface area (Å²) in [6.07, 6.45) is 8.75. The number of hydrogen-bond acceptors (Lipinski definition) is 7. The molecular weight excluding hydrogens is 464 g/mol. The lowest BCUT2D eigenvalue weighted by Gasteiger charge is -2.15. The first-order valence-electron chi connectivity index (χ1n) is 11.5. The molecule has 2 amide bonds. The van der Waals surface area contributed by atoms with E-state index in [1.165, 1.54) is 11.5 Å². The van der Waals surface area contributed by atoms with Gasteiger partial charge in [-0.3, -0.25) is 14.3 Å². The van der Waals surface area contributed by atoms with E-state index >= 15 is 0 Å². The molecule has 0 aliphatic rings. The lowest BCUT2D eigenvalue weighted by Crippen LogP contribution is -2.28. The van der Waals surface area contributed by atoms with Gasteiger partial charge in [0.1, 0.15) is 6.04 Å². The number of aromatic nitrogens is 4. The van der Waals surface area contributed by atoms with Crippen LogP contribution in [-0.2, 0) is 11.8 Å². The van der Waals surface area contributed by atoms with Crippen LogP contribution in [0.25, 0.3) is 22.6 Å². The van der Waals surface area contributed by atoms with Gasteiger partial charge in [0, 0.05) is 43.2 Å². The minimum Gasteiger partial charge on any atom is -0.438 e. The molecular formula is C25H28N6O3S. The van der Waals surface area contributed by atoms with Gasteiger partial charge in [-0.15, -0.1) is 0 Å². The quantitative estimate of drug-likeness (QED) is 0.301. The molecule has 4 rings (SSSR count). The number of hydrogen-bond donors (Lipinski definition) is 2. The highest BCUT2D eigenvalue weighted by Crippen LogP contribution is 2.28. The van der Waals surface area contributed by atoms with Gasteiger partial charge >= 0.3 is 0 Å². The number of carbonyl (C=O) groups is 2. The van der Waals surface area contributed by atoms with Crippen LogP contribution < -0.4 is 10.6 Å². The number of carbonyl (C=O) groups excluding carboxylic acids is 2. The largest absolute Gasteiger partial charge is 0.438 e. The Hall–Kier alpha value is -3.79. The molecule has 3 aromatic heterocycles. The van der Waals surface area contributed by atoms with Crippen LogP contribution in [0.1, 0.15) is 54.4 Å². The molecule has 182 valence electrons. The molecule has 35 heavy (non-hydrogen) atoms. The van der Waals surface area contributed by atoms with E-state index in [0.29, 0.717) is 30.1 Å². The monoisotopic (exact) mass is 492 g/mol. The second-order valence-corrected chi connectivity index (χ2v) is 8.88. The third kappa shape index (κ3) is 6.42. The molecule has 0 saturated carbocycles. The van der Waals surface area contributed by atoms with Crippen LogP contribution in [-0.4, -0.2) is 38.0 Å². The van der Waals surface area contributed by atoms with Crippen molar-refractivity contribution in [3.63, 3.8) is 0 Å². The summed E-state index contributed by atoms with van der Waals surface area (Å²) in [5.41, 5.74) is 3.32. The van der Waals surface area contributed by atoms with Crippen molar-refractivity contribution in [2.75, 3.05) is 7.05 Å². The Morgan fingerprint density at radius 3 is 2.57 bits per heavy atom. The molecule has 1 aromatic carbocycles. The van der Waals surface area contributed by atoms with Crippen molar-refractivity contribution in [2.45, 2.75) is 38.1 Å². The topological polar surface area (TPSA) is 115 Å². The lowest BCUT2D eigenvalue weighted by atomic mass is 10.1. The molecule has 0 bridgehead atoms. The van der Waals surface area contributed by atoms with E-state index in [9.17, 15) is 9.59 Å². The van der Waals surface area contributed by atoms with E-state index in [4.69, 9.17) is 4.42 Å². The summed E-state index contributed by atoms with van der Waals surface area (Å²) >= 11 is 1.23. The Balaban J connectivity index is 1.45. The SMILES string of the molecule is CNC(=O)CCCCC[C@@H](NC(=O)c1cnsc1)c1ncc(-c2ccc(-c3ccn(C)n3)cc2)o1. The van der Waals surface area contributed by atoms with Crippen molar-refractivity contribution in [3.8, 4) is 22.6 Å². The van der Waals surface area contributed by atoms with Crippen LogP contribution in [0.15, 0.2) is 58.7 Å². The van der Waals surface area contributed by atoms with Gasteiger partial charge in [-0.1, -0.05) is 37.1 Å². The van der Waals surface area contributed by atoms with Crippen molar-refractivity contribution < 1.29 is 14.0 Å². The summed E-state index contributed by atoms with van der Waals surface area (Å²) in [5.74, 6) is 0.903. The number of rotatable bonds is 11. The second kappa shape index (κ2) is 11.6. The van der Waals surface area contributed by atoms with Gasteiger partial charge in [0.05, 0.1) is 23.7 Å². The zero-order valence-corrected chi connectivity index (χ0v) is 20.5. The van der Waals surface area contributed by atoms with Gasteiger partial charge in [-0.05, 0) is 30.4 Å². The van der Waals surface area contributed by atoms with Crippen LogP contribution in [0.3, 0.4) is 0 Å². The first-order chi connectivity index (χ1) is 17.0. The Bertz CT molecular complexity index is 1250. The summed E-state index contributed by atoms with van der Waals surface area (Å²) in [4.78, 5) is 28.6. The van der Waals surface area contributed by atoms with Crippen LogP contribution in [0.4, 0.5) is 0 Å². The first-order valence-corrected chi connectivity index (χ1v) is 12.3. The number of oxazole rings is 1. The van der Waals surface area contributed by atoms with Crippen LogP contribution >= 0.6 is 11.5 Å². The van der Waals surface area contributed by atoms with Gasteiger partial charge in [0.2, 0.25) is 11.8 Å². The van der Waals surface area contributed by atoms with E-state index in [-0.39, 0.29) is 17.9 Å². The number of amides is 2. The predicted octanol–water partition coefficient (Wildman–Crippen LogP) is 4.37. The average molecular weight is 493 g/mol. The number of unbranched alkanes of at least 4 members (excludes halogenated alkanes) is 2. The fraction of sp³-hybridized carbons (Fsp3) is 0.320. The molecule has 0 unspecified atom stereocenters. The normalized spacial score (nSPS) is 11.8. The van der Waals surface area contributed by atoms with E-state index < -0.39 is 0 Å². The summed E-state index contributed by atoms with van der Waals surface area (Å²) < 4.78 is 11.9. The molecule has 0 radical (unpaired) electrons. The van der Waals surface area contributed by atoms with Crippen molar-refractivity contribution in [2.24, 2.45) is 7.05 Å². The minimum absolute atomic E-state index is 0.0335. The molecule has 0 aliphatic heterocycles. The van der Waals surface area contributed by atoms with Crippen LogP contribution in [0.2, 0.25) is 0 Å². The average Bonchev–Trinajstić information content (AvgIpc) is 3.65. The Labute approximate surface area is 207 Å². The maximum atomic E-state index is 12.7. The molecule has 0 fully saturated rings. The maximum absolute atomic E-state index is 12.7. The van der Waals surface area contributed by atoms with Gasteiger partial charge in [0.15, 0.2) is 5.76 Å². The van der Waals surface area contributed by atoms with Crippen molar-refractivity contribution in [3.05, 3.63) is 65.8 Å². The van der Waals surface area contributed by atoms with E-state index in [1.807, 2.05) is 43.6 Å². The van der Waals surface area contributed by atoms with Gasteiger partial charge < -0.3 is 15.1 Å². The van der Waals surface area contributed by atoms with Crippen molar-refractivity contribution in [1.82, 2.24) is 29.8 Å². The number of nitrogens with zero attached hydrogens (tertiary/aromatic N) is 4. The summed E-state index contributed by atoms with van der Waals surface area (Å²) in [6.45, 7) is 0. The second-order valence-electron chi connectivity index (χ2n) is 8.23. The molecule has 4 aromatic rings. The highest BCUT2D eigenvalue weighted by Gasteiger charge is 2.21. The van der Waals surface area contributed by atoms with Crippen molar-refractivity contribution in [1.29, 1.82) is 0 Å². The van der Waals surface area contributed by atoms with E-state index in [1.54, 1.807) is 29.5 Å². The third-order valence-electron chi connectivity index (χ3n) is 5.68. The zero-order chi connectivity index (χ0) is 24.6. The molecule has 0 aliphatic carbocycles. The Kier molecular flexibility index (Phi) is 8.04. The fourth-order valence-corrected chi connectivity index (χ4v) is 4.22. The smallest absolute Gasteiger partial charge is 0.254 e. The number of aryl methyl sites for hydroxylation is 1. The predicted molar refractivity (Wildman–Crippen MR) is 134 cm³/mol. The lowest BCUT2D eigenvalue weighted by molar-refractivity contribution is -0.120. The summed E-state index contributed by atoms with van der Waals surface area (Å²) in [7, 11) is 3.53. The third-order valence-corrected chi connectivity index (χ3v) is 6.26. The summed E-state index contributed by atoms with van der Waals surface area (Å²) in [5, 5.41) is 11.8. The van der Waals surface area contributed by atoms with Crippen LogP contribution in [0, 0.1) is 0 Å². The molecule has 0 spiro atoms. The van der Waals surface area contributed by atoms with E-state index in [0.717, 1.165) is 36.1 Å². The molecule has 9 nitrogen and oxygen atoms in total. The Morgan fingerprint density at radius 1 is 1.09 bits per heavy atom. The standard InChI is InChI=1S/C25H28N6O3S/c1-26-23(32)7-5-3-4-6-21(29-24(33)19-14-28-35-16-19)25-27-15-22(34-25)18-10-8-17(9-11-18)20-12-13-31(2)30-20/h8-16,21H,3-7H2,1-2H3,(H,26,32)(H,29,33)/t21-/m1/s1. The fourth-order valence-electron chi connectivity index (χ4n) is 3.71. The van der Waals surface area contributed by atoms with Gasteiger partial charge in [0.25, 0.3) is 5.91 Å². The minimum atomic E-state index is -0.385. The van der Waals surface area contributed by atoms with E-state index in [2.05, 4.69) is 25.1 Å². The molecule has 2 N–H and O–H groups in total. The molecule has 0 saturated heterocycles. The number of benzene rings is 1. The van der Waals surface area contributed by atoms with Crippen molar-refractivity contribution >= 4 is 23.3 Å². The first kappa shape index (κ1) is 24.3. The zero-order valence-electron chi connectivity index (χ0n) is 19.7. The number of nitrogens with one attached hydrogen (secondary N) is 2. The van der Waals surface area contributed by atoms with Crippen LogP contribution in [0.5, 0.6) is 0 Å². The molecule has 10 heteroatoms. The molecule has 1 atom stereocenters. The van der Waals surface area contributed by atoms with Gasteiger partial charge in [-0.2, -0.15) is 5.10 Å². The Morgan fingerprint density at radius 2 is 1.89 bits per heavy atom. The summed E-state index contributed by atoms with van der Waals surface area (Å²) in [6, 6.07) is 9.51. The van der Waals surface area contributed by atoms with Gasteiger partial charge in [-0.25, -0.2) is 9.36 Å². The maximum Gasteiger partial charge on any atom is 0.254 e. The highest BCUT2D eigenvalue weighted by molar-refractivity contribution is 7.03. The highest BCUT2D eigenvalue weighted by atomic mass is 32.1.